The summed E-state index contributed by atoms with van der Waals surface area (Å²) in [6.45, 7) is 12.6. The van der Waals surface area contributed by atoms with Crippen LogP contribution < -0.4 is 10.1 Å². The van der Waals surface area contributed by atoms with E-state index in [0.29, 0.717) is 18.9 Å². The van der Waals surface area contributed by atoms with Gasteiger partial charge in [-0.15, -0.1) is 0 Å². The maximum absolute atomic E-state index is 13.5. The molecule has 3 aromatic rings. The van der Waals surface area contributed by atoms with Crippen molar-refractivity contribution in [3.8, 4) is 5.75 Å². The Morgan fingerprint density at radius 3 is 1.94 bits per heavy atom. The first kappa shape index (κ1) is 26.5. The smallest absolute Gasteiger partial charge is 0.238 e. The van der Waals surface area contributed by atoms with Crippen molar-refractivity contribution >= 4 is 5.91 Å². The van der Waals surface area contributed by atoms with Crippen molar-refractivity contribution < 1.29 is 9.53 Å². The Morgan fingerprint density at radius 1 is 0.829 bits per heavy atom. The first-order valence-corrected chi connectivity index (χ1v) is 12.6. The van der Waals surface area contributed by atoms with Gasteiger partial charge < -0.3 is 10.1 Å². The molecule has 1 unspecified atom stereocenters. The molecule has 3 aromatic carbocycles. The first-order valence-electron chi connectivity index (χ1n) is 12.6. The predicted octanol–water partition coefficient (Wildman–Crippen LogP) is 6.25. The molecule has 0 saturated carbocycles. The zero-order chi connectivity index (χ0) is 25.3. The summed E-state index contributed by atoms with van der Waals surface area (Å²) in [5.74, 6) is 1.34. The van der Waals surface area contributed by atoms with Crippen molar-refractivity contribution in [1.29, 1.82) is 0 Å². The highest BCUT2D eigenvalue weighted by Crippen LogP contribution is 2.20. The summed E-state index contributed by atoms with van der Waals surface area (Å²) in [5, 5.41) is 3.22. The molecule has 0 saturated heterocycles. The second kappa shape index (κ2) is 12.6. The monoisotopic (exact) mass is 472 g/mol. The number of benzene rings is 3. The minimum absolute atomic E-state index is 0.0680. The molecule has 0 bridgehead atoms. The molecule has 0 aromatic heterocycles. The van der Waals surface area contributed by atoms with E-state index in [-0.39, 0.29) is 17.5 Å². The zero-order valence-corrected chi connectivity index (χ0v) is 21.8. The molecular formula is C31H40N2O2. The highest BCUT2D eigenvalue weighted by Gasteiger charge is 2.29. The molecule has 0 aliphatic carbocycles. The lowest BCUT2D eigenvalue weighted by molar-refractivity contribution is -0.128. The van der Waals surface area contributed by atoms with E-state index in [1.54, 1.807) is 0 Å². The van der Waals surface area contributed by atoms with E-state index in [1.807, 2.05) is 57.2 Å². The van der Waals surface area contributed by atoms with Crippen molar-refractivity contribution in [2.75, 3.05) is 6.54 Å². The van der Waals surface area contributed by atoms with Crippen molar-refractivity contribution in [2.45, 2.75) is 65.8 Å². The summed E-state index contributed by atoms with van der Waals surface area (Å²) in [4.78, 5) is 15.8. The number of amides is 1. The maximum atomic E-state index is 13.5. The van der Waals surface area contributed by atoms with Crippen LogP contribution in [0.5, 0.6) is 5.75 Å². The molecule has 0 spiro atoms. The van der Waals surface area contributed by atoms with Gasteiger partial charge in [0.05, 0.1) is 6.04 Å². The number of carbonyl (C=O) groups is 1. The van der Waals surface area contributed by atoms with Crippen molar-refractivity contribution in [1.82, 2.24) is 10.2 Å². The lowest BCUT2D eigenvalue weighted by Gasteiger charge is -2.34. The first-order chi connectivity index (χ1) is 16.7. The van der Waals surface area contributed by atoms with Crippen LogP contribution in [-0.4, -0.2) is 28.9 Å². The summed E-state index contributed by atoms with van der Waals surface area (Å²) < 4.78 is 5.95. The fourth-order valence-corrected chi connectivity index (χ4v) is 4.12. The molecule has 1 atom stereocenters. The van der Waals surface area contributed by atoms with Crippen LogP contribution >= 0.6 is 0 Å². The number of rotatable bonds is 11. The molecule has 4 nitrogen and oxygen atoms in total. The Balaban J connectivity index is 1.77. The average molecular weight is 473 g/mol. The van der Waals surface area contributed by atoms with Crippen LogP contribution in [0.1, 0.15) is 51.3 Å². The largest absolute Gasteiger partial charge is 0.489 e. The zero-order valence-electron chi connectivity index (χ0n) is 21.8. The third-order valence-corrected chi connectivity index (χ3v) is 5.67. The van der Waals surface area contributed by atoms with E-state index in [0.717, 1.165) is 30.0 Å². The van der Waals surface area contributed by atoms with Crippen LogP contribution in [0, 0.1) is 5.92 Å². The van der Waals surface area contributed by atoms with Crippen LogP contribution in [-0.2, 0) is 24.4 Å². The maximum Gasteiger partial charge on any atom is 0.238 e. The number of hydrogen-bond acceptors (Lipinski definition) is 3. The standard InChI is InChI=1S/C31H40N2O2/c1-24(2)21-33(22-26-12-8-6-9-13-26)29(30(34)32-31(3,4)5)20-25-16-18-28(19-17-25)35-23-27-14-10-7-11-15-27/h6-19,24,29H,20-23H2,1-5H3,(H,32,34). The summed E-state index contributed by atoms with van der Waals surface area (Å²) in [7, 11) is 0. The molecule has 0 radical (unpaired) electrons. The van der Waals surface area contributed by atoms with Crippen LogP contribution in [0.25, 0.3) is 0 Å². The number of nitrogens with zero attached hydrogens (tertiary/aromatic N) is 1. The molecule has 0 fully saturated rings. The van der Waals surface area contributed by atoms with Crippen LogP contribution in [0.15, 0.2) is 84.9 Å². The Kier molecular flexibility index (Phi) is 9.50. The van der Waals surface area contributed by atoms with E-state index in [2.05, 4.69) is 72.6 Å². The Morgan fingerprint density at radius 2 is 1.40 bits per heavy atom. The van der Waals surface area contributed by atoms with Gasteiger partial charge in [-0.3, -0.25) is 9.69 Å². The minimum atomic E-state index is -0.291. The van der Waals surface area contributed by atoms with Gasteiger partial charge in [0, 0.05) is 18.6 Å². The van der Waals surface area contributed by atoms with E-state index >= 15 is 0 Å². The highest BCUT2D eigenvalue weighted by atomic mass is 16.5. The average Bonchev–Trinajstić information content (AvgIpc) is 2.81. The summed E-state index contributed by atoms with van der Waals surface area (Å²) in [5.41, 5.74) is 3.18. The minimum Gasteiger partial charge on any atom is -0.489 e. The van der Waals surface area contributed by atoms with Crippen molar-refractivity contribution in [3.05, 3.63) is 102 Å². The molecule has 3 rings (SSSR count). The second-order valence-corrected chi connectivity index (χ2v) is 10.7. The Bertz CT molecular complexity index is 1030. The van der Waals surface area contributed by atoms with E-state index < -0.39 is 0 Å². The van der Waals surface area contributed by atoms with Gasteiger partial charge in [0.25, 0.3) is 0 Å². The molecule has 1 amide bonds. The van der Waals surface area contributed by atoms with Gasteiger partial charge >= 0.3 is 0 Å². The predicted molar refractivity (Wildman–Crippen MR) is 144 cm³/mol. The van der Waals surface area contributed by atoms with E-state index in [4.69, 9.17) is 4.74 Å². The molecular weight excluding hydrogens is 432 g/mol. The summed E-state index contributed by atoms with van der Waals surface area (Å²) >= 11 is 0. The molecule has 186 valence electrons. The molecule has 0 aliphatic rings. The normalized spacial score (nSPS) is 12.5. The second-order valence-electron chi connectivity index (χ2n) is 10.7. The van der Waals surface area contributed by atoms with Gasteiger partial charge in [0.15, 0.2) is 0 Å². The lowest BCUT2D eigenvalue weighted by atomic mass is 9.99. The van der Waals surface area contributed by atoms with Gasteiger partial charge in [0.2, 0.25) is 5.91 Å². The van der Waals surface area contributed by atoms with Gasteiger partial charge in [-0.05, 0) is 61.9 Å². The molecule has 0 aliphatic heterocycles. The Labute approximate surface area is 211 Å². The van der Waals surface area contributed by atoms with Crippen LogP contribution in [0.3, 0.4) is 0 Å². The quantitative estimate of drug-likeness (QED) is 0.359. The van der Waals surface area contributed by atoms with Gasteiger partial charge in [-0.1, -0.05) is 86.6 Å². The topological polar surface area (TPSA) is 41.6 Å². The number of hydrogen-bond donors (Lipinski definition) is 1. The van der Waals surface area contributed by atoms with Crippen molar-refractivity contribution in [3.63, 3.8) is 0 Å². The fourth-order valence-electron chi connectivity index (χ4n) is 4.12. The van der Waals surface area contributed by atoms with Crippen LogP contribution in [0.4, 0.5) is 0 Å². The third kappa shape index (κ3) is 9.22. The molecule has 4 heteroatoms. The molecule has 1 N–H and O–H groups in total. The fraction of sp³-hybridized carbons (Fsp3) is 0.387. The summed E-state index contributed by atoms with van der Waals surface area (Å²) in [6.07, 6.45) is 0.639. The lowest BCUT2D eigenvalue weighted by Crippen LogP contribution is -2.53. The van der Waals surface area contributed by atoms with Crippen LogP contribution in [0.2, 0.25) is 0 Å². The van der Waals surface area contributed by atoms with E-state index in [9.17, 15) is 4.79 Å². The summed E-state index contributed by atoms with van der Waals surface area (Å²) in [6, 6.07) is 28.4. The van der Waals surface area contributed by atoms with E-state index in [1.165, 1.54) is 5.56 Å². The van der Waals surface area contributed by atoms with Gasteiger partial charge in [0.1, 0.15) is 12.4 Å². The van der Waals surface area contributed by atoms with Gasteiger partial charge in [-0.2, -0.15) is 0 Å². The molecule has 0 heterocycles. The third-order valence-electron chi connectivity index (χ3n) is 5.67. The number of carbonyl (C=O) groups excluding carboxylic acids is 1. The number of nitrogens with one attached hydrogen (secondary N) is 1. The molecule has 35 heavy (non-hydrogen) atoms. The number of ether oxygens (including phenoxy) is 1. The Hall–Kier alpha value is -3.11. The SMILES string of the molecule is CC(C)CN(Cc1ccccc1)C(Cc1ccc(OCc2ccccc2)cc1)C(=O)NC(C)(C)C. The highest BCUT2D eigenvalue weighted by molar-refractivity contribution is 5.82. The van der Waals surface area contributed by atoms with Crippen molar-refractivity contribution in [2.24, 2.45) is 5.92 Å². The van der Waals surface area contributed by atoms with Gasteiger partial charge in [-0.25, -0.2) is 0 Å².